The Labute approximate surface area is 244 Å². The minimum absolute atomic E-state index is 0.0252. The van der Waals surface area contributed by atoms with Gasteiger partial charge in [-0.05, 0) is 30.9 Å². The minimum atomic E-state index is -4.53. The zero-order valence-electron chi connectivity index (χ0n) is 23.8. The molecule has 2 heterocycles. The average Bonchev–Trinajstić information content (AvgIpc) is 3.34. The SMILES string of the molecule is CCC(CCP(=O)(O)OCCn1c(=O)c2cc3c(=O)n(CCOP(=O)(O)OCC(CC)CO)c(=O)c3cc2c1=O)CNF. The van der Waals surface area contributed by atoms with Gasteiger partial charge in [0.05, 0.1) is 60.6 Å². The van der Waals surface area contributed by atoms with Crippen molar-refractivity contribution in [2.45, 2.75) is 46.2 Å². The Morgan fingerprint density at radius 1 is 0.814 bits per heavy atom. The van der Waals surface area contributed by atoms with Gasteiger partial charge in [0.2, 0.25) is 0 Å². The highest BCUT2D eigenvalue weighted by atomic mass is 31.2. The second kappa shape index (κ2) is 15.1. The first-order valence-electron chi connectivity index (χ1n) is 13.7. The second-order valence-corrected chi connectivity index (χ2v) is 13.6. The van der Waals surface area contributed by atoms with Crippen LogP contribution in [0.25, 0.3) is 21.5 Å². The molecule has 0 saturated heterocycles. The van der Waals surface area contributed by atoms with Crippen molar-refractivity contribution in [2.24, 2.45) is 11.8 Å². The molecule has 240 valence electrons. The maximum absolute atomic E-state index is 13.0. The molecule has 1 aromatic carbocycles. The Balaban J connectivity index is 1.73. The van der Waals surface area contributed by atoms with Crippen molar-refractivity contribution in [3.8, 4) is 0 Å². The van der Waals surface area contributed by atoms with Crippen molar-refractivity contribution in [1.29, 1.82) is 0 Å². The van der Waals surface area contributed by atoms with Gasteiger partial charge in [-0.25, -0.2) is 4.57 Å². The Hall–Kier alpha value is -2.39. The molecular formula is C25H36FN3O12P2. The Morgan fingerprint density at radius 2 is 1.28 bits per heavy atom. The quantitative estimate of drug-likeness (QED) is 0.106. The molecule has 0 aliphatic rings. The molecule has 0 radical (unpaired) electrons. The third-order valence-corrected chi connectivity index (χ3v) is 9.70. The molecule has 0 spiro atoms. The molecule has 3 aromatic rings. The molecule has 0 amide bonds. The number of rotatable bonds is 19. The summed E-state index contributed by atoms with van der Waals surface area (Å²) in [6.07, 6.45) is 1.07. The van der Waals surface area contributed by atoms with Crippen LogP contribution in [-0.2, 0) is 35.8 Å². The fourth-order valence-corrected chi connectivity index (χ4v) is 6.48. The highest BCUT2D eigenvalue weighted by Gasteiger charge is 2.25. The Kier molecular flexibility index (Phi) is 12.3. The zero-order chi connectivity index (χ0) is 31.9. The lowest BCUT2D eigenvalue weighted by molar-refractivity contribution is 0.105. The molecule has 4 N–H and O–H groups in total. The summed E-state index contributed by atoms with van der Waals surface area (Å²) in [4.78, 5) is 71.6. The van der Waals surface area contributed by atoms with Gasteiger partial charge in [-0.2, -0.15) is 5.54 Å². The third-order valence-electron chi connectivity index (χ3n) is 7.31. The van der Waals surface area contributed by atoms with Gasteiger partial charge in [0.1, 0.15) is 0 Å². The van der Waals surface area contributed by atoms with Gasteiger partial charge in [-0.3, -0.25) is 41.9 Å². The van der Waals surface area contributed by atoms with Crippen LogP contribution in [0.1, 0.15) is 33.1 Å². The van der Waals surface area contributed by atoms with Gasteiger partial charge >= 0.3 is 15.4 Å². The standard InChI is InChI=1S/C25H36FN3O12P2/c1-3-16(13-27-26)5-10-42(35,36)39-8-6-28-22(31)18-11-20-21(12-19(18)23(28)32)25(34)29(24(20)33)7-9-40-43(37,38)41-15-17(4-2)14-30/h11-12,16-17,27,30H,3-10,13-15H2,1-2H3,(H,35,36)(H,37,38). The number of aliphatic hydroxyl groups is 1. The van der Waals surface area contributed by atoms with Crippen molar-refractivity contribution in [3.63, 3.8) is 0 Å². The molecule has 18 heteroatoms. The molecule has 0 bridgehead atoms. The van der Waals surface area contributed by atoms with Crippen LogP contribution in [0, 0.1) is 11.8 Å². The summed E-state index contributed by atoms with van der Waals surface area (Å²) < 4.78 is 53.0. The lowest BCUT2D eigenvalue weighted by Gasteiger charge is -2.16. The molecule has 3 rings (SSSR count). The summed E-state index contributed by atoms with van der Waals surface area (Å²) in [5, 5.41) is 8.60. The lowest BCUT2D eigenvalue weighted by atomic mass is 10.0. The van der Waals surface area contributed by atoms with Gasteiger partial charge < -0.3 is 19.4 Å². The number of halogens is 1. The molecule has 0 aliphatic carbocycles. The number of hydrogen-bond donors (Lipinski definition) is 4. The minimum Gasteiger partial charge on any atom is -0.396 e. The van der Waals surface area contributed by atoms with Gasteiger partial charge in [-0.15, -0.1) is 4.48 Å². The number of phosphoric ester groups is 1. The molecule has 43 heavy (non-hydrogen) atoms. The van der Waals surface area contributed by atoms with Crippen molar-refractivity contribution in [3.05, 3.63) is 53.5 Å². The highest BCUT2D eigenvalue weighted by Crippen LogP contribution is 2.44. The van der Waals surface area contributed by atoms with Gasteiger partial charge in [0.25, 0.3) is 22.2 Å². The van der Waals surface area contributed by atoms with E-state index in [4.69, 9.17) is 18.7 Å². The van der Waals surface area contributed by atoms with E-state index < -0.39 is 57.4 Å². The van der Waals surface area contributed by atoms with Gasteiger partial charge in [-0.1, -0.05) is 20.3 Å². The highest BCUT2D eigenvalue weighted by molar-refractivity contribution is 7.52. The van der Waals surface area contributed by atoms with Crippen LogP contribution >= 0.6 is 15.4 Å². The molecule has 4 unspecified atom stereocenters. The van der Waals surface area contributed by atoms with Crippen LogP contribution in [0.15, 0.2) is 31.3 Å². The molecule has 2 aromatic heterocycles. The number of nitrogens with zero attached hydrogens (tertiary/aromatic N) is 2. The van der Waals surface area contributed by atoms with Gasteiger partial charge in [0, 0.05) is 19.1 Å². The summed E-state index contributed by atoms with van der Waals surface area (Å²) in [5.74, 6) is -0.550. The predicted octanol–water partition coefficient (Wildman–Crippen LogP) is 1.16. The van der Waals surface area contributed by atoms with Crippen LogP contribution < -0.4 is 27.8 Å². The van der Waals surface area contributed by atoms with E-state index in [2.05, 4.69) is 0 Å². The summed E-state index contributed by atoms with van der Waals surface area (Å²) >= 11 is 0. The average molecular weight is 652 g/mol. The number of hydrogen-bond acceptors (Lipinski definition) is 11. The zero-order valence-corrected chi connectivity index (χ0v) is 25.6. The van der Waals surface area contributed by atoms with E-state index in [1.165, 1.54) is 5.54 Å². The van der Waals surface area contributed by atoms with Crippen LogP contribution in [-0.4, -0.2) is 63.2 Å². The third kappa shape index (κ3) is 8.62. The largest absolute Gasteiger partial charge is 0.472 e. The number of nitrogens with one attached hydrogen (secondary N) is 1. The summed E-state index contributed by atoms with van der Waals surface area (Å²) in [6.45, 7) is 1.34. The second-order valence-electron chi connectivity index (χ2n) is 10.1. The number of fused-ring (bicyclic) bond motifs is 2. The first kappa shape index (κ1) is 35.1. The van der Waals surface area contributed by atoms with Crippen LogP contribution in [0.5, 0.6) is 0 Å². The van der Waals surface area contributed by atoms with E-state index in [0.29, 0.717) is 12.8 Å². The number of aromatic nitrogens is 2. The fraction of sp³-hybridized carbons (Fsp3) is 0.600. The molecule has 15 nitrogen and oxygen atoms in total. The topological polar surface area (TPSA) is 213 Å². The smallest absolute Gasteiger partial charge is 0.396 e. The molecular weight excluding hydrogens is 615 g/mol. The van der Waals surface area contributed by atoms with Crippen molar-refractivity contribution in [1.82, 2.24) is 14.7 Å². The van der Waals surface area contributed by atoms with Gasteiger partial charge in [0.15, 0.2) is 0 Å². The first-order chi connectivity index (χ1) is 20.3. The number of phosphoric acid groups is 1. The first-order valence-corrected chi connectivity index (χ1v) is 17.0. The summed E-state index contributed by atoms with van der Waals surface area (Å²) in [7, 11) is -8.60. The number of benzene rings is 1. The van der Waals surface area contributed by atoms with Crippen molar-refractivity contribution >= 4 is 37.0 Å². The van der Waals surface area contributed by atoms with E-state index >= 15 is 0 Å². The normalized spacial score (nSPS) is 16.4. The van der Waals surface area contributed by atoms with E-state index in [-0.39, 0.29) is 72.3 Å². The van der Waals surface area contributed by atoms with Crippen LogP contribution in [0.4, 0.5) is 4.48 Å². The van der Waals surface area contributed by atoms with E-state index in [1.54, 1.807) is 6.92 Å². The Bertz CT molecular complexity index is 1630. The maximum atomic E-state index is 13.0. The monoisotopic (exact) mass is 651 g/mol. The lowest BCUT2D eigenvalue weighted by Crippen LogP contribution is -2.28. The number of aliphatic hydroxyl groups excluding tert-OH is 1. The fourth-order valence-electron chi connectivity index (χ4n) is 4.51. The van der Waals surface area contributed by atoms with Crippen LogP contribution in [0.2, 0.25) is 0 Å². The molecule has 0 aliphatic heterocycles. The van der Waals surface area contributed by atoms with Crippen LogP contribution in [0.3, 0.4) is 0 Å². The molecule has 0 saturated carbocycles. The molecule has 0 fully saturated rings. The summed E-state index contributed by atoms with van der Waals surface area (Å²) in [6, 6.07) is 2.24. The van der Waals surface area contributed by atoms with Crippen molar-refractivity contribution in [2.75, 3.05) is 39.1 Å². The Morgan fingerprint density at radius 3 is 1.70 bits per heavy atom. The summed E-state index contributed by atoms with van der Waals surface area (Å²) in [5.41, 5.74) is -1.65. The van der Waals surface area contributed by atoms with E-state index in [1.807, 2.05) is 6.92 Å². The van der Waals surface area contributed by atoms with Crippen molar-refractivity contribution < 1.29 is 42.1 Å². The predicted molar refractivity (Wildman–Crippen MR) is 156 cm³/mol. The van der Waals surface area contributed by atoms with E-state index in [9.17, 15) is 42.6 Å². The van der Waals surface area contributed by atoms with E-state index in [0.717, 1.165) is 21.3 Å². The maximum Gasteiger partial charge on any atom is 0.472 e. The molecule has 4 atom stereocenters.